The van der Waals surface area contributed by atoms with Gasteiger partial charge in [-0.2, -0.15) is 0 Å². The Hall–Kier alpha value is -9.52. The number of nitrogens with two attached hydrogens (primary N) is 6. The van der Waals surface area contributed by atoms with Crippen LogP contribution in [0.15, 0.2) is 70.8 Å². The average Bonchev–Trinajstić information content (AvgIpc) is 1.70. The second-order valence-electron chi connectivity index (χ2n) is 30.2. The van der Waals surface area contributed by atoms with E-state index >= 15 is 0 Å². The van der Waals surface area contributed by atoms with Crippen LogP contribution in [0.1, 0.15) is 226 Å². The summed E-state index contributed by atoms with van der Waals surface area (Å²) in [7, 11) is -2.13. The Morgan fingerprint density at radius 1 is 0.581 bits per heavy atom. The van der Waals surface area contributed by atoms with Crippen molar-refractivity contribution in [1.29, 1.82) is 0 Å². The number of sulfone groups is 1. The Morgan fingerprint density at radius 3 is 1.68 bits per heavy atom. The highest BCUT2D eigenvalue weighted by molar-refractivity contribution is 7.90. The maximum Gasteiger partial charge on any atom is 0.243 e. The minimum Gasteiger partial charge on any atom is -0.396 e. The highest BCUT2D eigenvalue weighted by Gasteiger charge is 2.36. The molecule has 1 saturated heterocycles. The van der Waals surface area contributed by atoms with Gasteiger partial charge in [0.25, 0.3) is 0 Å². The number of aromatic nitrogens is 1. The van der Waals surface area contributed by atoms with Crippen LogP contribution in [0.25, 0.3) is 10.9 Å². The van der Waals surface area contributed by atoms with Gasteiger partial charge in [0.15, 0.2) is 11.9 Å². The van der Waals surface area contributed by atoms with Crippen molar-refractivity contribution < 1.29 is 76.5 Å². The van der Waals surface area contributed by atoms with Crippen LogP contribution in [0.4, 0.5) is 0 Å². The van der Waals surface area contributed by atoms with Crippen molar-refractivity contribution in [3.8, 4) is 0 Å². The third kappa shape index (κ3) is 45.7. The number of nitrogens with one attached hydrogen (secondary N) is 11. The molecule has 11 amide bonds. The minimum atomic E-state index is -3.61. The number of aliphatic hydroxyl groups excluding tert-OH is 3. The lowest BCUT2D eigenvalue weighted by molar-refractivity contribution is -0.135. The molecule has 117 heavy (non-hydrogen) atoms. The molecule has 2 heterocycles. The quantitative estimate of drug-likeness (QED) is 0.0166. The highest BCUT2D eigenvalue weighted by Crippen LogP contribution is 2.21. The van der Waals surface area contributed by atoms with E-state index in [-0.39, 0.29) is 107 Å². The maximum atomic E-state index is 14.4. The number of hydrogen-bond acceptors (Lipinski definition) is 19. The number of guanidine groups is 2. The molecule has 1 unspecified atom stereocenters. The predicted octanol–water partition coefficient (Wildman–Crippen LogP) is 1.64. The highest BCUT2D eigenvalue weighted by atomic mass is 32.2. The lowest BCUT2D eigenvalue weighted by atomic mass is 10.0. The van der Waals surface area contributed by atoms with E-state index in [1.165, 1.54) is 97.9 Å². The summed E-state index contributed by atoms with van der Waals surface area (Å²) < 4.78 is 24.5. The van der Waals surface area contributed by atoms with E-state index in [1.807, 2.05) is 31.2 Å². The maximum absolute atomic E-state index is 14.4. The molecule has 1 aliphatic heterocycles. The first-order valence-electron chi connectivity index (χ1n) is 41.4. The zero-order valence-corrected chi connectivity index (χ0v) is 70.7. The van der Waals surface area contributed by atoms with Crippen LogP contribution >= 0.6 is 0 Å². The van der Waals surface area contributed by atoms with Crippen LogP contribution in [0.2, 0.25) is 0 Å². The average molecular weight is 1670 g/mol. The smallest absolute Gasteiger partial charge is 0.243 e. The fourth-order valence-corrected chi connectivity index (χ4v) is 13.3. The second-order valence-corrected chi connectivity index (χ2v) is 32.5. The van der Waals surface area contributed by atoms with Gasteiger partial charge in [0.1, 0.15) is 52.3 Å². The first-order chi connectivity index (χ1) is 55.6. The molecule has 0 saturated carbocycles. The Kier molecular flexibility index (Phi) is 52.4. The van der Waals surface area contributed by atoms with Crippen molar-refractivity contribution in [3.05, 3.63) is 71.9 Å². The van der Waals surface area contributed by atoms with Crippen molar-refractivity contribution in [2.24, 2.45) is 56.2 Å². The molecule has 0 aliphatic carbocycles. The van der Waals surface area contributed by atoms with E-state index in [0.29, 0.717) is 56.2 Å². The van der Waals surface area contributed by atoms with E-state index in [0.717, 1.165) is 36.4 Å². The van der Waals surface area contributed by atoms with Gasteiger partial charge in [-0.15, -0.1) is 0 Å². The topological polar surface area (TPSA) is 600 Å². The number of para-hydroxylation sites is 1. The van der Waals surface area contributed by atoms with Gasteiger partial charge in [-0.05, 0) is 101 Å². The second kappa shape index (κ2) is 59.2. The number of carbonyl (C=O) groups excluding carboxylic acids is 11. The van der Waals surface area contributed by atoms with Gasteiger partial charge in [0, 0.05) is 81.6 Å². The summed E-state index contributed by atoms with van der Waals surface area (Å²) in [6.45, 7) is 8.99. The van der Waals surface area contributed by atoms with E-state index < -0.39 is 135 Å². The molecule has 12 atom stereocenters. The van der Waals surface area contributed by atoms with Crippen molar-refractivity contribution >= 4 is 97.6 Å². The molecule has 0 bridgehead atoms. The van der Waals surface area contributed by atoms with Gasteiger partial charge in [0.05, 0.1) is 36.5 Å². The first kappa shape index (κ1) is 104. The van der Waals surface area contributed by atoms with Crippen LogP contribution in [-0.2, 0) is 75.4 Å². The normalized spacial score (nSPS) is 19.1. The molecule has 36 heteroatoms. The van der Waals surface area contributed by atoms with Crippen LogP contribution in [0.3, 0.4) is 0 Å². The molecular weight excluding hydrogens is 1530 g/mol. The summed E-state index contributed by atoms with van der Waals surface area (Å²) in [5.41, 5.74) is 34.6. The molecule has 1 fully saturated rings. The number of hydrogen-bond donors (Lipinski definition) is 20. The van der Waals surface area contributed by atoms with Crippen LogP contribution in [0.5, 0.6) is 0 Å². The summed E-state index contributed by atoms with van der Waals surface area (Å²) in [5, 5.41) is 57.7. The van der Waals surface area contributed by atoms with Gasteiger partial charge in [-0.1, -0.05) is 166 Å². The molecule has 4 rings (SSSR count). The van der Waals surface area contributed by atoms with E-state index in [1.54, 1.807) is 43.5 Å². The van der Waals surface area contributed by atoms with Crippen molar-refractivity contribution in [2.45, 2.75) is 288 Å². The molecule has 35 nitrogen and oxygen atoms in total. The Balaban J connectivity index is 0.000000728. The number of aromatic amines is 1. The number of benzene rings is 2. The number of aliphatic hydroxyl groups is 3. The zero-order valence-electron chi connectivity index (χ0n) is 69.9. The standard InChI is InChI=1S/C43H61N11O9S.C22H45N7O6.C16H33NO/c1-26-17-18-36(55)47-20-9-8-15-31(37(44)56)50-42(61)35(24-28-25-49-30-14-7-6-13-29(28)30)54-39(58)32(16-10-21-48-43(45)46)52-41(60)34(23-27-11-4-3-5-12-27)53-40(59)33(51-38(26)57)19-22-64(2,62)63;1-5-6-9-15(19(33)25-4)28-21(35)17(14(3)31)29-20(34)16(27-18(32)13(2)12-30)10-7-8-11-26-22(23)24;1-2-3-4-5-6-7-8-9-10-11-12-13-14-15-16(17)18/h3-7,11-14,25-26,31-35,49H,8-10,15-24H2,1-2H3,(H2,44,56)(H,47,55)(H,50,61)(H,51,57)(H,52,60)(H,53,59)(H,54,58)(H4,45,46,48);13-17,21,28,30-31,35H,5-12H2,1-4H3,(H,25,33)(H,27,32)(H,29,34)(H4,23,24,26);2-15H2,1H3,(H2,17,18)/t26-,31-,32-,33-,34+,35-;13-,14?,15-,16-,17-,21-;/m00./s1. The molecule has 0 spiro atoms. The first-order valence-corrected chi connectivity index (χ1v) is 43.5. The number of nitrogens with zero attached hydrogens (tertiary/aromatic N) is 2. The molecular formula is C81H139N19O16S. The Bertz CT molecular complexity index is 3650. The van der Waals surface area contributed by atoms with Gasteiger partial charge >= 0.3 is 0 Å². The van der Waals surface area contributed by atoms with Crippen LogP contribution in [-0.4, -0.2) is 212 Å². The molecule has 3 aromatic rings. The van der Waals surface area contributed by atoms with Crippen LogP contribution < -0.4 is 87.6 Å². The van der Waals surface area contributed by atoms with Crippen molar-refractivity contribution in [1.82, 2.24) is 58.2 Å². The third-order valence-electron chi connectivity index (χ3n) is 19.8. The third-order valence-corrected chi connectivity index (χ3v) is 20.8. The van der Waals surface area contributed by atoms with E-state index in [4.69, 9.17) is 34.4 Å². The summed E-state index contributed by atoms with van der Waals surface area (Å²) in [5.74, 6) is -8.75. The molecule has 0 radical (unpaired) electrons. The van der Waals surface area contributed by atoms with Crippen molar-refractivity contribution in [2.75, 3.05) is 45.3 Å². The molecule has 660 valence electrons. The minimum absolute atomic E-state index is 0.0346. The fraction of sp³-hybridized carbons (Fsp3) is 0.667. The summed E-state index contributed by atoms with van der Waals surface area (Å²) in [4.78, 5) is 155. The number of unbranched alkanes of at least 4 members (excludes halogenated alkanes) is 14. The molecule has 2 aromatic carbocycles. The monoisotopic (exact) mass is 1670 g/mol. The Labute approximate surface area is 690 Å². The summed E-state index contributed by atoms with van der Waals surface area (Å²) >= 11 is 0. The lowest BCUT2D eigenvalue weighted by Gasteiger charge is -2.31. The van der Waals surface area contributed by atoms with Crippen molar-refractivity contribution in [3.63, 3.8) is 0 Å². The van der Waals surface area contributed by atoms with E-state index in [2.05, 4.69) is 75.1 Å². The fourth-order valence-electron chi connectivity index (χ4n) is 12.7. The van der Waals surface area contributed by atoms with Gasteiger partial charge < -0.3 is 103 Å². The molecule has 1 aromatic heterocycles. The largest absolute Gasteiger partial charge is 0.396 e. The van der Waals surface area contributed by atoms with Gasteiger partial charge in [0.2, 0.25) is 65.0 Å². The lowest BCUT2D eigenvalue weighted by Crippen LogP contribution is -2.61. The molecule has 26 N–H and O–H groups in total. The molecule has 1 aliphatic rings. The van der Waals surface area contributed by atoms with E-state index in [9.17, 15) is 76.5 Å². The number of primary amides is 2. The Morgan fingerprint density at radius 2 is 1.11 bits per heavy atom. The van der Waals surface area contributed by atoms with Gasteiger partial charge in [-0.25, -0.2) is 8.42 Å². The number of carbonyl (C=O) groups is 11. The zero-order chi connectivity index (χ0) is 87.3. The number of likely N-dealkylation sites (N-methyl/N-ethyl adjacent to an activating group) is 1. The van der Waals surface area contributed by atoms with Gasteiger partial charge in [-0.3, -0.25) is 68.0 Å². The summed E-state index contributed by atoms with van der Waals surface area (Å²) in [6.07, 6.45) is 22.0. The number of rotatable bonds is 44. The number of fused-ring (bicyclic) bond motifs is 1. The van der Waals surface area contributed by atoms with Crippen LogP contribution in [0, 0.1) is 11.8 Å². The predicted molar refractivity (Wildman–Crippen MR) is 453 cm³/mol. The number of H-pyrrole nitrogens is 1. The summed E-state index contributed by atoms with van der Waals surface area (Å²) in [6, 6.07) is 6.62. The number of aliphatic imine (C=N–C) groups is 2. The number of amides is 11. The SMILES string of the molecule is CCCCCCCCCCCCCCCC(N)=O.CCCC[C@H](N[C@@H](O)[C@@H](NC(=O)[C@H](CCCCN=C(N)N)NC(=O)[C@@H](C)CO)C(C)O)C(=O)NC.C[C@H]1CCC(=O)NCCCC[C@@H](C(N)=O)NC(=O)[C@H](Cc2c[nH]c3ccccc23)NC(=O)[C@H](CCCN=C(N)N)NC(=O)[C@@H](Cc2ccccc2)NC(=O)[C@H](CCS(C)(=O)=O)NC1=O.